The van der Waals surface area contributed by atoms with Crippen molar-refractivity contribution in [3.63, 3.8) is 0 Å². The Morgan fingerprint density at radius 3 is 2.14 bits per heavy atom. The van der Waals surface area contributed by atoms with E-state index in [4.69, 9.17) is 37.9 Å². The topological polar surface area (TPSA) is 108 Å². The van der Waals surface area contributed by atoms with Gasteiger partial charge in [0.05, 0.1) is 12.8 Å². The van der Waals surface area contributed by atoms with Gasteiger partial charge in [-0.2, -0.15) is 0 Å². The molecule has 162 valence electrons. The van der Waals surface area contributed by atoms with Crippen molar-refractivity contribution in [2.45, 2.75) is 70.0 Å². The van der Waals surface area contributed by atoms with E-state index < -0.39 is 48.8 Å². The Hall–Kier alpha value is -1.30. The van der Waals surface area contributed by atoms with Crippen LogP contribution in [0.5, 0.6) is 0 Å². The normalized spacial score (nSPS) is 37.8. The van der Waals surface area contributed by atoms with Gasteiger partial charge in [-0.3, -0.25) is 9.59 Å². The SMILES string of the molecule is COC1CC(C)(OC(=O)CCC(=O)OC2C(OC)OC(OC)C2C)C(OC)O1. The molecule has 2 aliphatic rings. The summed E-state index contributed by atoms with van der Waals surface area (Å²) in [5.41, 5.74) is -1.00. The van der Waals surface area contributed by atoms with Crippen LogP contribution in [0.25, 0.3) is 0 Å². The minimum atomic E-state index is -1.00. The van der Waals surface area contributed by atoms with Crippen molar-refractivity contribution in [2.24, 2.45) is 5.92 Å². The zero-order valence-corrected chi connectivity index (χ0v) is 17.2. The lowest BCUT2D eigenvalue weighted by molar-refractivity contribution is -0.224. The maximum atomic E-state index is 12.2. The lowest BCUT2D eigenvalue weighted by Crippen LogP contribution is -2.41. The Balaban J connectivity index is 1.83. The third kappa shape index (κ3) is 5.19. The molecule has 10 heteroatoms. The second-order valence-corrected chi connectivity index (χ2v) is 7.02. The van der Waals surface area contributed by atoms with Gasteiger partial charge in [0.25, 0.3) is 0 Å². The Morgan fingerprint density at radius 1 is 0.929 bits per heavy atom. The van der Waals surface area contributed by atoms with Crippen LogP contribution in [-0.4, -0.2) is 77.2 Å². The molecule has 28 heavy (non-hydrogen) atoms. The van der Waals surface area contributed by atoms with Crippen molar-refractivity contribution in [3.8, 4) is 0 Å². The Labute approximate surface area is 164 Å². The highest BCUT2D eigenvalue weighted by Crippen LogP contribution is 2.35. The van der Waals surface area contributed by atoms with Gasteiger partial charge in [0.15, 0.2) is 36.9 Å². The first-order chi connectivity index (χ1) is 13.3. The van der Waals surface area contributed by atoms with Gasteiger partial charge < -0.3 is 37.9 Å². The molecule has 0 N–H and O–H groups in total. The van der Waals surface area contributed by atoms with Gasteiger partial charge in [0.2, 0.25) is 0 Å². The van der Waals surface area contributed by atoms with Crippen LogP contribution in [0.15, 0.2) is 0 Å². The highest BCUT2D eigenvalue weighted by Gasteiger charge is 2.49. The first-order valence-electron chi connectivity index (χ1n) is 9.11. The summed E-state index contributed by atoms with van der Waals surface area (Å²) in [6.45, 7) is 3.53. The lowest BCUT2D eigenvalue weighted by Gasteiger charge is -2.28. The van der Waals surface area contributed by atoms with Gasteiger partial charge in [-0.25, -0.2) is 0 Å². The monoisotopic (exact) mass is 406 g/mol. The summed E-state index contributed by atoms with van der Waals surface area (Å²) in [5.74, 6) is -1.33. The lowest BCUT2D eigenvalue weighted by atomic mass is 10.0. The van der Waals surface area contributed by atoms with E-state index in [1.807, 2.05) is 6.92 Å². The van der Waals surface area contributed by atoms with Crippen LogP contribution < -0.4 is 0 Å². The van der Waals surface area contributed by atoms with Crippen LogP contribution in [0.3, 0.4) is 0 Å². The van der Waals surface area contributed by atoms with Gasteiger partial charge in [-0.05, 0) is 6.92 Å². The maximum absolute atomic E-state index is 12.2. The van der Waals surface area contributed by atoms with E-state index in [2.05, 4.69) is 0 Å². The number of carbonyl (C=O) groups is 2. The van der Waals surface area contributed by atoms with E-state index in [0.29, 0.717) is 6.42 Å². The van der Waals surface area contributed by atoms with E-state index in [-0.39, 0.29) is 18.8 Å². The summed E-state index contributed by atoms with van der Waals surface area (Å²) >= 11 is 0. The minimum absolute atomic E-state index is 0.140. The van der Waals surface area contributed by atoms with Crippen molar-refractivity contribution in [3.05, 3.63) is 0 Å². The molecule has 10 nitrogen and oxygen atoms in total. The molecule has 7 atom stereocenters. The molecule has 2 heterocycles. The summed E-state index contributed by atoms with van der Waals surface area (Å²) in [6.07, 6.45) is -3.13. The molecule has 2 rings (SSSR count). The van der Waals surface area contributed by atoms with Gasteiger partial charge in [0.1, 0.15) is 0 Å². The van der Waals surface area contributed by atoms with Crippen molar-refractivity contribution in [1.82, 2.24) is 0 Å². The molecular weight excluding hydrogens is 376 g/mol. The number of hydrogen-bond donors (Lipinski definition) is 0. The zero-order valence-electron chi connectivity index (χ0n) is 17.2. The third-order valence-electron chi connectivity index (χ3n) is 4.92. The third-order valence-corrected chi connectivity index (χ3v) is 4.92. The molecule has 0 radical (unpaired) electrons. The molecular formula is C18H30O10. The molecule has 2 aliphatic heterocycles. The molecule has 2 fully saturated rings. The molecule has 0 saturated carbocycles. The fourth-order valence-electron chi connectivity index (χ4n) is 3.38. The largest absolute Gasteiger partial charge is 0.456 e. The zero-order chi connectivity index (χ0) is 20.9. The first-order valence-corrected chi connectivity index (χ1v) is 9.11. The molecule has 0 aliphatic carbocycles. The highest BCUT2D eigenvalue weighted by molar-refractivity contribution is 5.78. The molecule has 2 saturated heterocycles. The van der Waals surface area contributed by atoms with Crippen LogP contribution in [0.4, 0.5) is 0 Å². The molecule has 0 aromatic rings. The standard InChI is InChI=1S/C18H30O10/c1-10-14(16(23-5)27-15(10)22-4)25-11(19)7-8-12(20)28-18(2)9-13(21-3)26-17(18)24-6/h10,13-17H,7-9H2,1-6H3. The van der Waals surface area contributed by atoms with Gasteiger partial charge in [-0.1, -0.05) is 6.92 Å². The van der Waals surface area contributed by atoms with E-state index in [1.165, 1.54) is 28.4 Å². The number of ether oxygens (including phenoxy) is 8. The second-order valence-electron chi connectivity index (χ2n) is 7.02. The highest BCUT2D eigenvalue weighted by atomic mass is 16.8. The van der Waals surface area contributed by atoms with E-state index >= 15 is 0 Å². The van der Waals surface area contributed by atoms with Crippen molar-refractivity contribution >= 4 is 11.9 Å². The van der Waals surface area contributed by atoms with E-state index in [0.717, 1.165) is 0 Å². The summed E-state index contributed by atoms with van der Waals surface area (Å²) < 4.78 is 42.7. The first kappa shape index (κ1) is 23.0. The molecule has 7 unspecified atom stereocenters. The number of esters is 2. The Morgan fingerprint density at radius 2 is 1.57 bits per heavy atom. The second kappa shape index (κ2) is 9.95. The quantitative estimate of drug-likeness (QED) is 0.514. The van der Waals surface area contributed by atoms with Crippen LogP contribution in [0.1, 0.15) is 33.1 Å². The molecule has 0 bridgehead atoms. The summed E-state index contributed by atoms with van der Waals surface area (Å²) in [6, 6.07) is 0. The number of rotatable bonds is 9. The van der Waals surface area contributed by atoms with Gasteiger partial charge in [0, 0.05) is 40.8 Å². The van der Waals surface area contributed by atoms with Crippen LogP contribution in [-0.2, 0) is 47.5 Å². The number of hydrogen-bond acceptors (Lipinski definition) is 10. The molecule has 0 spiro atoms. The van der Waals surface area contributed by atoms with E-state index in [9.17, 15) is 9.59 Å². The summed E-state index contributed by atoms with van der Waals surface area (Å²) in [4.78, 5) is 24.4. The summed E-state index contributed by atoms with van der Waals surface area (Å²) in [5, 5.41) is 0. The van der Waals surface area contributed by atoms with Crippen LogP contribution in [0.2, 0.25) is 0 Å². The predicted molar refractivity (Wildman–Crippen MR) is 92.8 cm³/mol. The van der Waals surface area contributed by atoms with Gasteiger partial charge >= 0.3 is 11.9 Å². The predicted octanol–water partition coefficient (Wildman–Crippen LogP) is 0.957. The van der Waals surface area contributed by atoms with Crippen LogP contribution in [0, 0.1) is 5.92 Å². The van der Waals surface area contributed by atoms with Crippen LogP contribution >= 0.6 is 0 Å². The minimum Gasteiger partial charge on any atom is -0.456 e. The van der Waals surface area contributed by atoms with E-state index in [1.54, 1.807) is 6.92 Å². The van der Waals surface area contributed by atoms with Gasteiger partial charge in [-0.15, -0.1) is 0 Å². The Kier molecular flexibility index (Phi) is 8.17. The fourth-order valence-corrected chi connectivity index (χ4v) is 3.38. The fraction of sp³-hybridized carbons (Fsp3) is 0.889. The molecule has 0 aromatic heterocycles. The summed E-state index contributed by atoms with van der Waals surface area (Å²) in [7, 11) is 5.91. The van der Waals surface area contributed by atoms with Crippen molar-refractivity contribution < 1.29 is 47.5 Å². The average molecular weight is 406 g/mol. The Bertz CT molecular complexity index is 538. The molecule has 0 aromatic carbocycles. The van der Waals surface area contributed by atoms with Crippen molar-refractivity contribution in [2.75, 3.05) is 28.4 Å². The average Bonchev–Trinajstić information content (AvgIpc) is 3.16. The van der Waals surface area contributed by atoms with Crippen molar-refractivity contribution in [1.29, 1.82) is 0 Å². The number of methoxy groups -OCH3 is 4. The smallest absolute Gasteiger partial charge is 0.307 e. The molecule has 0 amide bonds. The maximum Gasteiger partial charge on any atom is 0.307 e. The number of carbonyl (C=O) groups excluding carboxylic acids is 2.